The van der Waals surface area contributed by atoms with Crippen molar-refractivity contribution in [3.63, 3.8) is 0 Å². The van der Waals surface area contributed by atoms with E-state index in [1.165, 1.54) is 25.9 Å². The molecule has 2 amide bonds. The van der Waals surface area contributed by atoms with E-state index in [1.807, 2.05) is 25.1 Å². The number of carbonyl (C=O) groups is 1. The Morgan fingerprint density at radius 1 is 1.22 bits per heavy atom. The van der Waals surface area contributed by atoms with Crippen LogP contribution in [-0.2, 0) is 0 Å². The first-order valence-electron chi connectivity index (χ1n) is 10.0. The lowest BCUT2D eigenvalue weighted by atomic mass is 9.99. The van der Waals surface area contributed by atoms with Crippen molar-refractivity contribution in [2.24, 2.45) is 5.92 Å². The summed E-state index contributed by atoms with van der Waals surface area (Å²) >= 11 is 0. The van der Waals surface area contributed by atoms with E-state index in [4.69, 9.17) is 9.47 Å². The molecule has 0 radical (unpaired) electrons. The van der Waals surface area contributed by atoms with Crippen LogP contribution in [0.2, 0.25) is 0 Å². The summed E-state index contributed by atoms with van der Waals surface area (Å²) in [7, 11) is 3.25. The Bertz CT molecular complexity index is 586. The van der Waals surface area contributed by atoms with Gasteiger partial charge in [-0.25, -0.2) is 4.79 Å². The molecule has 152 valence electrons. The quantitative estimate of drug-likeness (QED) is 0.646. The van der Waals surface area contributed by atoms with Gasteiger partial charge in [0.1, 0.15) is 11.5 Å². The van der Waals surface area contributed by atoms with Crippen molar-refractivity contribution in [1.29, 1.82) is 0 Å². The minimum Gasteiger partial charge on any atom is -0.497 e. The van der Waals surface area contributed by atoms with Crippen LogP contribution in [0.25, 0.3) is 0 Å². The molecule has 0 bridgehead atoms. The lowest BCUT2D eigenvalue weighted by Crippen LogP contribution is -2.38. The minimum absolute atomic E-state index is 0.154. The molecule has 1 aliphatic heterocycles. The Kier molecular flexibility index (Phi) is 8.72. The van der Waals surface area contributed by atoms with Crippen molar-refractivity contribution < 1.29 is 14.3 Å². The highest BCUT2D eigenvalue weighted by Crippen LogP contribution is 2.29. The summed E-state index contributed by atoms with van der Waals surface area (Å²) in [4.78, 5) is 14.7. The van der Waals surface area contributed by atoms with E-state index in [1.54, 1.807) is 14.2 Å². The zero-order valence-electron chi connectivity index (χ0n) is 17.2. The molecule has 6 heteroatoms. The SMILES string of the molecule is COc1ccc(OC)c(C(C)NC(=O)NCCCCN2CCC(C)CC2)c1. The Hall–Kier alpha value is -1.95. The lowest BCUT2D eigenvalue weighted by Gasteiger charge is -2.30. The van der Waals surface area contributed by atoms with Crippen molar-refractivity contribution in [2.75, 3.05) is 40.4 Å². The van der Waals surface area contributed by atoms with E-state index >= 15 is 0 Å². The molecule has 1 aromatic carbocycles. The molecule has 0 saturated carbocycles. The number of piperidine rings is 1. The average molecular weight is 378 g/mol. The van der Waals surface area contributed by atoms with Gasteiger partial charge in [-0.3, -0.25) is 0 Å². The number of hydrogen-bond donors (Lipinski definition) is 2. The number of unbranched alkanes of at least 4 members (excludes halogenated alkanes) is 1. The van der Waals surface area contributed by atoms with Crippen LogP contribution in [0.1, 0.15) is 51.1 Å². The van der Waals surface area contributed by atoms with Crippen molar-refractivity contribution in [1.82, 2.24) is 15.5 Å². The van der Waals surface area contributed by atoms with Crippen LogP contribution in [0.4, 0.5) is 4.79 Å². The molecular formula is C21H35N3O3. The summed E-state index contributed by atoms with van der Waals surface area (Å²) in [5.41, 5.74) is 0.895. The highest BCUT2D eigenvalue weighted by Gasteiger charge is 2.16. The third-order valence-corrected chi connectivity index (χ3v) is 5.31. The summed E-state index contributed by atoms with van der Waals surface area (Å²) in [6.45, 7) is 8.53. The topological polar surface area (TPSA) is 62.8 Å². The van der Waals surface area contributed by atoms with Crippen LogP contribution in [-0.4, -0.2) is 51.3 Å². The molecule has 1 fully saturated rings. The first-order chi connectivity index (χ1) is 13.0. The van der Waals surface area contributed by atoms with E-state index in [2.05, 4.69) is 22.5 Å². The van der Waals surface area contributed by atoms with Crippen LogP contribution >= 0.6 is 0 Å². The van der Waals surface area contributed by atoms with E-state index in [0.717, 1.165) is 42.4 Å². The molecule has 1 saturated heterocycles. The number of methoxy groups -OCH3 is 2. The Morgan fingerprint density at radius 3 is 2.63 bits per heavy atom. The zero-order chi connectivity index (χ0) is 19.6. The number of carbonyl (C=O) groups excluding carboxylic acids is 1. The first-order valence-corrected chi connectivity index (χ1v) is 10.0. The van der Waals surface area contributed by atoms with Crippen molar-refractivity contribution in [2.45, 2.75) is 45.6 Å². The summed E-state index contributed by atoms with van der Waals surface area (Å²) in [6.07, 6.45) is 4.74. The van der Waals surface area contributed by atoms with Crippen LogP contribution < -0.4 is 20.1 Å². The van der Waals surface area contributed by atoms with Crippen LogP contribution in [0.15, 0.2) is 18.2 Å². The third kappa shape index (κ3) is 6.94. The Labute approximate surface area is 163 Å². The average Bonchev–Trinajstić information content (AvgIpc) is 2.68. The number of urea groups is 1. The predicted octanol–water partition coefficient (Wildman–Crippen LogP) is 3.58. The number of nitrogens with zero attached hydrogens (tertiary/aromatic N) is 1. The Balaban J connectivity index is 1.68. The highest BCUT2D eigenvalue weighted by atomic mass is 16.5. The molecule has 1 atom stereocenters. The van der Waals surface area contributed by atoms with Gasteiger partial charge >= 0.3 is 6.03 Å². The highest BCUT2D eigenvalue weighted by molar-refractivity contribution is 5.74. The number of ether oxygens (including phenoxy) is 2. The summed E-state index contributed by atoms with van der Waals surface area (Å²) in [5.74, 6) is 2.35. The van der Waals surface area contributed by atoms with E-state index < -0.39 is 0 Å². The fraction of sp³-hybridized carbons (Fsp3) is 0.667. The van der Waals surface area contributed by atoms with E-state index in [-0.39, 0.29) is 12.1 Å². The predicted molar refractivity (Wildman–Crippen MR) is 109 cm³/mol. The standard InChI is InChI=1S/C21H35N3O3/c1-16-9-13-24(14-10-16)12-6-5-11-22-21(25)23-17(2)19-15-18(26-3)7-8-20(19)27-4/h7-8,15-17H,5-6,9-14H2,1-4H3,(H2,22,23,25). The number of benzene rings is 1. The normalized spacial score (nSPS) is 16.6. The minimum atomic E-state index is -0.176. The van der Waals surface area contributed by atoms with Crippen molar-refractivity contribution in [3.8, 4) is 11.5 Å². The number of hydrogen-bond acceptors (Lipinski definition) is 4. The summed E-state index contributed by atoms with van der Waals surface area (Å²) in [6, 6.07) is 5.26. The second-order valence-electron chi connectivity index (χ2n) is 7.46. The van der Waals surface area contributed by atoms with Crippen molar-refractivity contribution in [3.05, 3.63) is 23.8 Å². The smallest absolute Gasteiger partial charge is 0.315 e. The van der Waals surface area contributed by atoms with Gasteiger partial charge in [-0.1, -0.05) is 6.92 Å². The maximum Gasteiger partial charge on any atom is 0.315 e. The first kappa shape index (κ1) is 21.4. The van der Waals surface area contributed by atoms with E-state index in [9.17, 15) is 4.79 Å². The molecule has 2 N–H and O–H groups in total. The molecule has 6 nitrogen and oxygen atoms in total. The second kappa shape index (κ2) is 11.0. The fourth-order valence-electron chi connectivity index (χ4n) is 3.45. The molecule has 1 unspecified atom stereocenters. The molecule has 1 aliphatic rings. The number of amides is 2. The maximum absolute atomic E-state index is 12.2. The van der Waals surface area contributed by atoms with Gasteiger partial charge in [0.15, 0.2) is 0 Å². The molecule has 27 heavy (non-hydrogen) atoms. The van der Waals surface area contributed by atoms with Gasteiger partial charge in [-0.05, 0) is 76.4 Å². The molecular weight excluding hydrogens is 342 g/mol. The third-order valence-electron chi connectivity index (χ3n) is 5.31. The fourth-order valence-corrected chi connectivity index (χ4v) is 3.45. The van der Waals surface area contributed by atoms with Gasteiger partial charge in [0.25, 0.3) is 0 Å². The number of rotatable bonds is 9. The van der Waals surface area contributed by atoms with Crippen molar-refractivity contribution >= 4 is 6.03 Å². The zero-order valence-corrected chi connectivity index (χ0v) is 17.2. The molecule has 1 heterocycles. The van der Waals surface area contributed by atoms with Crippen LogP contribution in [0, 0.1) is 5.92 Å². The molecule has 0 aliphatic carbocycles. The number of nitrogens with one attached hydrogen (secondary N) is 2. The molecule has 0 aromatic heterocycles. The summed E-state index contributed by atoms with van der Waals surface area (Å²) in [5, 5.41) is 5.92. The molecule has 2 rings (SSSR count). The van der Waals surface area contributed by atoms with Crippen LogP contribution in [0.3, 0.4) is 0 Å². The molecule has 1 aromatic rings. The number of likely N-dealkylation sites (tertiary alicyclic amines) is 1. The maximum atomic E-state index is 12.2. The van der Waals surface area contributed by atoms with Gasteiger partial charge < -0.3 is 25.0 Å². The van der Waals surface area contributed by atoms with Gasteiger partial charge in [-0.15, -0.1) is 0 Å². The van der Waals surface area contributed by atoms with Gasteiger partial charge in [-0.2, -0.15) is 0 Å². The lowest BCUT2D eigenvalue weighted by molar-refractivity contribution is 0.189. The van der Waals surface area contributed by atoms with Crippen LogP contribution in [0.5, 0.6) is 11.5 Å². The van der Waals surface area contributed by atoms with Gasteiger partial charge in [0.2, 0.25) is 0 Å². The largest absolute Gasteiger partial charge is 0.497 e. The van der Waals surface area contributed by atoms with Gasteiger partial charge in [0.05, 0.1) is 20.3 Å². The summed E-state index contributed by atoms with van der Waals surface area (Å²) < 4.78 is 10.7. The Morgan fingerprint density at radius 2 is 1.96 bits per heavy atom. The van der Waals surface area contributed by atoms with Gasteiger partial charge in [0, 0.05) is 12.1 Å². The second-order valence-corrected chi connectivity index (χ2v) is 7.46. The van der Waals surface area contributed by atoms with E-state index in [0.29, 0.717) is 6.54 Å². The molecule has 0 spiro atoms. The monoisotopic (exact) mass is 377 g/mol.